The van der Waals surface area contributed by atoms with Crippen LogP contribution in [0.4, 0.5) is 5.95 Å². The van der Waals surface area contributed by atoms with Crippen molar-refractivity contribution in [2.24, 2.45) is 0 Å². The van der Waals surface area contributed by atoms with Crippen LogP contribution in [0.5, 0.6) is 0 Å². The topological polar surface area (TPSA) is 69.2 Å². The summed E-state index contributed by atoms with van der Waals surface area (Å²) in [5, 5.41) is 9.13. The van der Waals surface area contributed by atoms with Gasteiger partial charge in [-0.05, 0) is 19.2 Å². The molecule has 0 amide bonds. The quantitative estimate of drug-likeness (QED) is 0.820. The Labute approximate surface area is 117 Å². The van der Waals surface area contributed by atoms with Crippen molar-refractivity contribution in [2.75, 3.05) is 38.1 Å². The molecule has 0 aliphatic carbocycles. The number of hydrogen-bond acceptors (Lipinski definition) is 6. The minimum atomic E-state index is 0.361. The Morgan fingerprint density at radius 3 is 2.70 bits per heavy atom. The Morgan fingerprint density at radius 2 is 2.05 bits per heavy atom. The van der Waals surface area contributed by atoms with Crippen molar-refractivity contribution in [3.63, 3.8) is 0 Å². The average Bonchev–Trinajstić information content (AvgIpc) is 3.02. The number of anilines is 1. The van der Waals surface area contributed by atoms with E-state index in [9.17, 15) is 0 Å². The molecular weight excluding hydrogens is 254 g/mol. The molecule has 0 bridgehead atoms. The van der Waals surface area contributed by atoms with Crippen molar-refractivity contribution >= 4 is 5.95 Å². The van der Waals surface area contributed by atoms with E-state index < -0.39 is 0 Å². The molecule has 2 aromatic rings. The van der Waals surface area contributed by atoms with Crippen LogP contribution in [-0.2, 0) is 0 Å². The summed E-state index contributed by atoms with van der Waals surface area (Å²) in [6.07, 6.45) is 1.60. The van der Waals surface area contributed by atoms with Gasteiger partial charge in [0.1, 0.15) is 17.5 Å². The highest BCUT2D eigenvalue weighted by molar-refractivity contribution is 5.56. The van der Waals surface area contributed by atoms with Gasteiger partial charge in [-0.25, -0.2) is 9.97 Å². The lowest BCUT2D eigenvalue weighted by Crippen LogP contribution is -2.45. The van der Waals surface area contributed by atoms with E-state index in [1.807, 2.05) is 6.07 Å². The maximum atomic E-state index is 9.13. The van der Waals surface area contributed by atoms with Crippen LogP contribution in [0.2, 0.25) is 0 Å². The lowest BCUT2D eigenvalue weighted by atomic mass is 10.2. The second kappa shape index (κ2) is 5.31. The van der Waals surface area contributed by atoms with Gasteiger partial charge in [-0.15, -0.1) is 0 Å². The fourth-order valence-corrected chi connectivity index (χ4v) is 2.19. The maximum absolute atomic E-state index is 9.13. The summed E-state index contributed by atoms with van der Waals surface area (Å²) in [6.45, 7) is 3.67. The fourth-order valence-electron chi connectivity index (χ4n) is 2.19. The first-order valence-electron chi connectivity index (χ1n) is 6.53. The maximum Gasteiger partial charge on any atom is 0.227 e. The summed E-state index contributed by atoms with van der Waals surface area (Å²) in [5.74, 6) is 1.25. The van der Waals surface area contributed by atoms with Gasteiger partial charge in [-0.3, -0.25) is 0 Å². The molecule has 0 N–H and O–H groups in total. The Bertz CT molecular complexity index is 624. The van der Waals surface area contributed by atoms with Crippen LogP contribution < -0.4 is 4.90 Å². The standard InChI is InChI=1S/C14H15N5O/c1-18-4-6-19(7-5-18)14-16-11(10-15)9-12(17-14)13-3-2-8-20-13/h2-3,8-9H,4-7H2,1H3. The smallest absolute Gasteiger partial charge is 0.227 e. The summed E-state index contributed by atoms with van der Waals surface area (Å²) in [7, 11) is 2.10. The molecule has 102 valence electrons. The summed E-state index contributed by atoms with van der Waals surface area (Å²) in [6, 6.07) is 7.37. The second-order valence-corrected chi connectivity index (χ2v) is 4.82. The first kappa shape index (κ1) is 12.6. The Morgan fingerprint density at radius 1 is 1.25 bits per heavy atom. The molecule has 3 heterocycles. The van der Waals surface area contributed by atoms with Gasteiger partial charge in [0, 0.05) is 32.2 Å². The van der Waals surface area contributed by atoms with Crippen molar-refractivity contribution < 1.29 is 4.42 Å². The molecule has 1 aliphatic rings. The third-order valence-electron chi connectivity index (χ3n) is 3.39. The summed E-state index contributed by atoms with van der Waals surface area (Å²) < 4.78 is 5.35. The zero-order valence-electron chi connectivity index (χ0n) is 11.3. The molecule has 2 aromatic heterocycles. The molecule has 3 rings (SSSR count). The molecule has 0 spiro atoms. The number of likely N-dealkylation sites (N-methyl/N-ethyl adjacent to an activating group) is 1. The Hall–Kier alpha value is -2.39. The lowest BCUT2D eigenvalue weighted by Gasteiger charge is -2.32. The van der Waals surface area contributed by atoms with E-state index in [1.165, 1.54) is 0 Å². The molecule has 0 aromatic carbocycles. The second-order valence-electron chi connectivity index (χ2n) is 4.82. The van der Waals surface area contributed by atoms with E-state index in [4.69, 9.17) is 9.68 Å². The minimum absolute atomic E-state index is 0.361. The van der Waals surface area contributed by atoms with Gasteiger partial charge in [0.2, 0.25) is 5.95 Å². The molecule has 20 heavy (non-hydrogen) atoms. The van der Waals surface area contributed by atoms with E-state index >= 15 is 0 Å². The van der Waals surface area contributed by atoms with E-state index in [2.05, 4.69) is 32.9 Å². The SMILES string of the molecule is CN1CCN(c2nc(C#N)cc(-c3ccco3)n2)CC1. The van der Waals surface area contributed by atoms with Gasteiger partial charge in [0.25, 0.3) is 0 Å². The number of furan rings is 1. The molecule has 0 unspecified atom stereocenters. The van der Waals surface area contributed by atoms with Gasteiger partial charge in [0.15, 0.2) is 5.76 Å². The number of nitrogens with zero attached hydrogens (tertiary/aromatic N) is 5. The monoisotopic (exact) mass is 269 g/mol. The number of rotatable bonds is 2. The predicted octanol–water partition coefficient (Wildman–Crippen LogP) is 1.36. The van der Waals surface area contributed by atoms with Crippen molar-refractivity contribution in [1.29, 1.82) is 5.26 Å². The molecular formula is C14H15N5O. The predicted molar refractivity (Wildman–Crippen MR) is 74.2 cm³/mol. The number of piperazine rings is 1. The van der Waals surface area contributed by atoms with Crippen molar-refractivity contribution in [2.45, 2.75) is 0 Å². The molecule has 1 fully saturated rings. The average molecular weight is 269 g/mol. The Balaban J connectivity index is 1.95. The van der Waals surface area contributed by atoms with E-state index in [1.54, 1.807) is 18.4 Å². The summed E-state index contributed by atoms with van der Waals surface area (Å²) in [4.78, 5) is 13.2. The highest BCUT2D eigenvalue weighted by Gasteiger charge is 2.18. The van der Waals surface area contributed by atoms with Crippen molar-refractivity contribution in [1.82, 2.24) is 14.9 Å². The zero-order valence-corrected chi connectivity index (χ0v) is 11.3. The van der Waals surface area contributed by atoms with Gasteiger partial charge in [-0.2, -0.15) is 5.26 Å². The fraction of sp³-hybridized carbons (Fsp3) is 0.357. The number of hydrogen-bond donors (Lipinski definition) is 0. The largest absolute Gasteiger partial charge is 0.463 e. The van der Waals surface area contributed by atoms with Gasteiger partial charge in [0.05, 0.1) is 6.26 Å². The molecule has 0 radical (unpaired) electrons. The first-order chi connectivity index (χ1) is 9.76. The van der Waals surface area contributed by atoms with Gasteiger partial charge in [-0.1, -0.05) is 0 Å². The zero-order chi connectivity index (χ0) is 13.9. The van der Waals surface area contributed by atoms with Crippen LogP contribution in [0.25, 0.3) is 11.5 Å². The molecule has 1 saturated heterocycles. The first-order valence-corrected chi connectivity index (χ1v) is 6.53. The van der Waals surface area contributed by atoms with Crippen LogP contribution in [-0.4, -0.2) is 48.1 Å². The molecule has 6 heteroatoms. The summed E-state index contributed by atoms with van der Waals surface area (Å²) in [5.41, 5.74) is 1.01. The van der Waals surface area contributed by atoms with E-state index in [0.717, 1.165) is 26.2 Å². The van der Waals surface area contributed by atoms with E-state index in [-0.39, 0.29) is 0 Å². The minimum Gasteiger partial charge on any atom is -0.463 e. The van der Waals surface area contributed by atoms with Crippen molar-refractivity contribution in [3.8, 4) is 17.5 Å². The highest BCUT2D eigenvalue weighted by atomic mass is 16.3. The van der Waals surface area contributed by atoms with Crippen LogP contribution >= 0.6 is 0 Å². The third kappa shape index (κ3) is 2.49. The molecule has 6 nitrogen and oxygen atoms in total. The van der Waals surface area contributed by atoms with Gasteiger partial charge < -0.3 is 14.2 Å². The van der Waals surface area contributed by atoms with Crippen molar-refractivity contribution in [3.05, 3.63) is 30.2 Å². The molecule has 0 saturated carbocycles. The number of nitriles is 1. The molecule has 0 atom stereocenters. The summed E-state index contributed by atoms with van der Waals surface area (Å²) >= 11 is 0. The van der Waals surface area contributed by atoms with Crippen LogP contribution in [0, 0.1) is 11.3 Å². The molecule has 1 aliphatic heterocycles. The lowest BCUT2D eigenvalue weighted by molar-refractivity contribution is 0.311. The Kier molecular flexibility index (Phi) is 3.35. The van der Waals surface area contributed by atoms with Gasteiger partial charge >= 0.3 is 0 Å². The third-order valence-corrected chi connectivity index (χ3v) is 3.39. The highest BCUT2D eigenvalue weighted by Crippen LogP contribution is 2.21. The van der Waals surface area contributed by atoms with Crippen LogP contribution in [0.3, 0.4) is 0 Å². The van der Waals surface area contributed by atoms with E-state index in [0.29, 0.717) is 23.1 Å². The van der Waals surface area contributed by atoms with Crippen LogP contribution in [0.15, 0.2) is 28.9 Å². The van der Waals surface area contributed by atoms with Crippen LogP contribution in [0.1, 0.15) is 5.69 Å². The normalized spacial score (nSPS) is 16.1. The number of aromatic nitrogens is 2.